The minimum atomic E-state index is -3.63. The average molecular weight is 445 g/mol. The van der Waals surface area contributed by atoms with Gasteiger partial charge in [0, 0.05) is 25.2 Å². The SMILES string of the molecule is Cc1nn(C)c(C)c1CCNS(=O)(=O)c1ccc2c(c1)[C@H](NC(=O)C1CCCC1)CC2. The van der Waals surface area contributed by atoms with Gasteiger partial charge in [0.15, 0.2) is 0 Å². The number of benzene rings is 1. The Hall–Kier alpha value is -2.19. The summed E-state index contributed by atoms with van der Waals surface area (Å²) in [5.74, 6) is 0.223. The average Bonchev–Trinajstić information content (AvgIpc) is 3.45. The third kappa shape index (κ3) is 4.55. The van der Waals surface area contributed by atoms with Crippen LogP contribution >= 0.6 is 0 Å². The Kier molecular flexibility index (Phi) is 6.21. The molecule has 0 aliphatic heterocycles. The van der Waals surface area contributed by atoms with Crippen LogP contribution in [0, 0.1) is 19.8 Å². The monoisotopic (exact) mass is 444 g/mol. The Balaban J connectivity index is 1.44. The van der Waals surface area contributed by atoms with Crippen molar-refractivity contribution < 1.29 is 13.2 Å². The molecule has 8 heteroatoms. The summed E-state index contributed by atoms with van der Waals surface area (Å²) in [6.07, 6.45) is 6.43. The zero-order chi connectivity index (χ0) is 22.2. The normalized spacial score (nSPS) is 19.0. The summed E-state index contributed by atoms with van der Waals surface area (Å²) in [4.78, 5) is 12.8. The highest BCUT2D eigenvalue weighted by Gasteiger charge is 2.30. The fourth-order valence-electron chi connectivity index (χ4n) is 4.95. The second-order valence-electron chi connectivity index (χ2n) is 8.86. The van der Waals surface area contributed by atoms with E-state index in [0.717, 1.165) is 66.6 Å². The predicted octanol–water partition coefficient (Wildman–Crippen LogP) is 2.85. The molecule has 168 valence electrons. The molecule has 4 rings (SSSR count). The molecule has 2 N–H and O–H groups in total. The van der Waals surface area contributed by atoms with Crippen LogP contribution in [0.5, 0.6) is 0 Å². The molecule has 31 heavy (non-hydrogen) atoms. The first-order chi connectivity index (χ1) is 14.8. The minimum Gasteiger partial charge on any atom is -0.349 e. The van der Waals surface area contributed by atoms with Crippen LogP contribution in [0.25, 0.3) is 0 Å². The zero-order valence-corrected chi connectivity index (χ0v) is 19.4. The van der Waals surface area contributed by atoms with E-state index in [9.17, 15) is 13.2 Å². The number of carbonyl (C=O) groups excluding carboxylic acids is 1. The van der Waals surface area contributed by atoms with Gasteiger partial charge in [-0.25, -0.2) is 13.1 Å². The molecule has 0 bridgehead atoms. The van der Waals surface area contributed by atoms with Crippen molar-refractivity contribution in [1.82, 2.24) is 19.8 Å². The van der Waals surface area contributed by atoms with Crippen molar-refractivity contribution in [2.45, 2.75) is 69.7 Å². The summed E-state index contributed by atoms with van der Waals surface area (Å²) in [6, 6.07) is 5.20. The summed E-state index contributed by atoms with van der Waals surface area (Å²) in [6.45, 7) is 4.25. The number of aromatic nitrogens is 2. The molecule has 0 unspecified atom stereocenters. The molecule has 2 aromatic rings. The van der Waals surface area contributed by atoms with Crippen LogP contribution < -0.4 is 10.0 Å². The van der Waals surface area contributed by atoms with Gasteiger partial charge < -0.3 is 5.32 Å². The van der Waals surface area contributed by atoms with Crippen molar-refractivity contribution >= 4 is 15.9 Å². The zero-order valence-electron chi connectivity index (χ0n) is 18.6. The van der Waals surface area contributed by atoms with Gasteiger partial charge in [0.25, 0.3) is 0 Å². The number of carbonyl (C=O) groups is 1. The van der Waals surface area contributed by atoms with Gasteiger partial charge in [-0.1, -0.05) is 18.9 Å². The maximum Gasteiger partial charge on any atom is 0.240 e. The molecule has 1 aromatic carbocycles. The molecule has 7 nitrogen and oxygen atoms in total. The first kappa shape index (κ1) is 22.0. The Morgan fingerprint density at radius 2 is 1.94 bits per heavy atom. The van der Waals surface area contributed by atoms with E-state index >= 15 is 0 Å². The molecule has 1 saturated carbocycles. The van der Waals surface area contributed by atoms with Crippen molar-refractivity contribution in [3.05, 3.63) is 46.3 Å². The number of sulfonamides is 1. The number of fused-ring (bicyclic) bond motifs is 1. The van der Waals surface area contributed by atoms with Gasteiger partial charge in [-0.15, -0.1) is 0 Å². The van der Waals surface area contributed by atoms with Gasteiger partial charge in [-0.3, -0.25) is 9.48 Å². The topological polar surface area (TPSA) is 93.1 Å². The Morgan fingerprint density at radius 1 is 1.19 bits per heavy atom. The summed E-state index contributed by atoms with van der Waals surface area (Å²) in [5.41, 5.74) is 5.12. The van der Waals surface area contributed by atoms with E-state index in [4.69, 9.17) is 0 Å². The van der Waals surface area contributed by atoms with Gasteiger partial charge in [-0.2, -0.15) is 5.10 Å². The quantitative estimate of drug-likeness (QED) is 0.687. The molecule has 1 aromatic heterocycles. The van der Waals surface area contributed by atoms with Crippen molar-refractivity contribution in [3.8, 4) is 0 Å². The van der Waals surface area contributed by atoms with Crippen LogP contribution in [0.4, 0.5) is 0 Å². The summed E-state index contributed by atoms with van der Waals surface area (Å²) in [7, 11) is -1.74. The Bertz CT molecular complexity index is 1080. The lowest BCUT2D eigenvalue weighted by molar-refractivity contribution is -0.125. The number of nitrogens with one attached hydrogen (secondary N) is 2. The van der Waals surface area contributed by atoms with Crippen LogP contribution in [0.3, 0.4) is 0 Å². The van der Waals surface area contributed by atoms with Gasteiger partial charge in [0.05, 0.1) is 16.6 Å². The predicted molar refractivity (Wildman–Crippen MR) is 119 cm³/mol. The van der Waals surface area contributed by atoms with E-state index in [0.29, 0.717) is 13.0 Å². The molecule has 0 radical (unpaired) electrons. The van der Waals surface area contributed by atoms with Crippen molar-refractivity contribution in [2.24, 2.45) is 13.0 Å². The van der Waals surface area contributed by atoms with Crippen molar-refractivity contribution in [2.75, 3.05) is 6.54 Å². The summed E-state index contributed by atoms with van der Waals surface area (Å²) >= 11 is 0. The molecule has 0 spiro atoms. The van der Waals surface area contributed by atoms with E-state index in [1.165, 1.54) is 0 Å². The third-order valence-corrected chi connectivity index (χ3v) is 8.33. The molecule has 2 aliphatic rings. The molecule has 1 heterocycles. The van der Waals surface area contributed by atoms with Gasteiger partial charge in [0.2, 0.25) is 15.9 Å². The molecule has 2 aliphatic carbocycles. The standard InChI is InChI=1S/C23H32N4O3S/c1-15-20(16(2)27(3)26-15)12-13-24-31(29,30)19-10-8-17-9-11-22(21(17)14-19)25-23(28)18-6-4-5-7-18/h8,10,14,18,22,24H,4-7,9,11-13H2,1-3H3,(H,25,28)/t22-/m1/s1. The number of amides is 1. The molecular weight excluding hydrogens is 412 g/mol. The first-order valence-electron chi connectivity index (χ1n) is 11.2. The lowest BCUT2D eigenvalue weighted by atomic mass is 10.0. The maximum atomic E-state index is 12.9. The lowest BCUT2D eigenvalue weighted by Gasteiger charge is -2.18. The highest BCUT2D eigenvalue weighted by atomic mass is 32.2. The number of hydrogen-bond donors (Lipinski definition) is 2. The highest BCUT2D eigenvalue weighted by Crippen LogP contribution is 2.34. The van der Waals surface area contributed by atoms with Gasteiger partial charge >= 0.3 is 0 Å². The number of hydrogen-bond acceptors (Lipinski definition) is 4. The van der Waals surface area contributed by atoms with E-state index < -0.39 is 10.0 Å². The second-order valence-corrected chi connectivity index (χ2v) is 10.6. The molecule has 0 saturated heterocycles. The van der Waals surface area contributed by atoms with Crippen LogP contribution in [-0.2, 0) is 34.7 Å². The van der Waals surface area contributed by atoms with Crippen LogP contribution in [-0.4, -0.2) is 30.7 Å². The molecule has 1 fully saturated rings. The smallest absolute Gasteiger partial charge is 0.240 e. The van der Waals surface area contributed by atoms with Crippen LogP contribution in [0.15, 0.2) is 23.1 Å². The fraction of sp³-hybridized carbons (Fsp3) is 0.565. The van der Waals surface area contributed by atoms with E-state index in [-0.39, 0.29) is 22.8 Å². The molecule has 1 atom stereocenters. The first-order valence-corrected chi connectivity index (χ1v) is 12.7. The van der Waals surface area contributed by atoms with E-state index in [1.54, 1.807) is 12.1 Å². The molecule has 1 amide bonds. The summed E-state index contributed by atoms with van der Waals surface area (Å²) < 4.78 is 30.4. The van der Waals surface area contributed by atoms with E-state index in [2.05, 4.69) is 15.1 Å². The lowest BCUT2D eigenvalue weighted by Crippen LogP contribution is -2.32. The highest BCUT2D eigenvalue weighted by molar-refractivity contribution is 7.89. The maximum absolute atomic E-state index is 12.9. The van der Waals surface area contributed by atoms with E-state index in [1.807, 2.05) is 31.6 Å². The van der Waals surface area contributed by atoms with Crippen molar-refractivity contribution in [3.63, 3.8) is 0 Å². The van der Waals surface area contributed by atoms with Crippen LogP contribution in [0.1, 0.15) is 66.2 Å². The minimum absolute atomic E-state index is 0.0982. The fourth-order valence-corrected chi connectivity index (χ4v) is 6.01. The Labute approximate surface area is 184 Å². The molecular formula is C23H32N4O3S. The second kappa shape index (κ2) is 8.74. The summed E-state index contributed by atoms with van der Waals surface area (Å²) in [5, 5.41) is 7.56. The third-order valence-electron chi connectivity index (χ3n) is 6.87. The van der Waals surface area contributed by atoms with Gasteiger partial charge in [-0.05, 0) is 74.8 Å². The number of nitrogens with zero attached hydrogens (tertiary/aromatic N) is 2. The van der Waals surface area contributed by atoms with Gasteiger partial charge in [0.1, 0.15) is 0 Å². The number of rotatable bonds is 7. The van der Waals surface area contributed by atoms with Crippen LogP contribution in [0.2, 0.25) is 0 Å². The van der Waals surface area contributed by atoms with Crippen molar-refractivity contribution in [1.29, 1.82) is 0 Å². The Morgan fingerprint density at radius 3 is 2.61 bits per heavy atom. The number of aryl methyl sites for hydroxylation is 3. The largest absolute Gasteiger partial charge is 0.349 e.